The van der Waals surface area contributed by atoms with Crippen LogP contribution in [0.4, 0.5) is 0 Å². The van der Waals surface area contributed by atoms with Crippen LogP contribution in [-0.2, 0) is 4.65 Å². The summed E-state index contributed by atoms with van der Waals surface area (Å²) >= 11 is 0. The van der Waals surface area contributed by atoms with Crippen LogP contribution in [-0.4, -0.2) is 31.3 Å². The second-order valence-corrected chi connectivity index (χ2v) is 4.68. The number of nitrogens with zero attached hydrogens (tertiary/aromatic N) is 1. The third-order valence-corrected chi connectivity index (χ3v) is 3.61. The van der Waals surface area contributed by atoms with E-state index < -0.39 is 14.2 Å². The molecular weight excluding hydrogens is 280 g/mol. The van der Waals surface area contributed by atoms with Crippen molar-refractivity contribution in [3.63, 3.8) is 0 Å². The molecule has 0 heterocycles. The molecule has 0 unspecified atom stereocenters. The van der Waals surface area contributed by atoms with Crippen molar-refractivity contribution in [1.82, 2.24) is 0 Å². The number of nitroso groups, excluding NO2 is 1. The van der Waals surface area contributed by atoms with E-state index in [-0.39, 0.29) is 0 Å². The van der Waals surface area contributed by atoms with E-state index in [2.05, 4.69) is 18.2 Å². The first-order chi connectivity index (χ1) is 10.6. The molecule has 0 atom stereocenters. The highest BCUT2D eigenvalue weighted by Crippen LogP contribution is 2.20. The van der Waals surface area contributed by atoms with Crippen molar-refractivity contribution in [3.05, 3.63) is 53.5 Å². The normalized spacial score (nSPS) is 10.3. The van der Waals surface area contributed by atoms with E-state index in [1.807, 2.05) is 0 Å². The fourth-order valence-electron chi connectivity index (χ4n) is 2.73. The fraction of sp³-hybridized carbons (Fsp3) is 0.0667. The van der Waals surface area contributed by atoms with E-state index in [9.17, 15) is 15.0 Å². The lowest BCUT2D eigenvalue weighted by molar-refractivity contribution is 0.426. The SMILES string of the molecule is C=Cc1c(C=C)c(B(N=O)OC)c2ccccc2c1B(O)O. The van der Waals surface area contributed by atoms with Gasteiger partial charge in [-0.25, -0.2) is 0 Å². The van der Waals surface area contributed by atoms with Crippen molar-refractivity contribution < 1.29 is 14.7 Å². The topological polar surface area (TPSA) is 79.1 Å². The Labute approximate surface area is 129 Å². The third-order valence-electron chi connectivity index (χ3n) is 3.61. The summed E-state index contributed by atoms with van der Waals surface area (Å²) in [5.41, 5.74) is 1.88. The lowest BCUT2D eigenvalue weighted by Crippen LogP contribution is -2.40. The Balaban J connectivity index is 3.07. The van der Waals surface area contributed by atoms with Crippen LogP contribution in [0.3, 0.4) is 0 Å². The summed E-state index contributed by atoms with van der Waals surface area (Å²) in [4.78, 5) is 11.1. The van der Waals surface area contributed by atoms with Crippen molar-refractivity contribution in [1.29, 1.82) is 0 Å². The minimum absolute atomic E-state index is 0.310. The molecule has 0 saturated carbocycles. The molecule has 7 heteroatoms. The van der Waals surface area contributed by atoms with Crippen LogP contribution in [0.25, 0.3) is 22.9 Å². The number of rotatable bonds is 6. The van der Waals surface area contributed by atoms with E-state index >= 15 is 0 Å². The van der Waals surface area contributed by atoms with Gasteiger partial charge in [0, 0.05) is 7.11 Å². The monoisotopic (exact) mass is 295 g/mol. The molecule has 2 aromatic carbocycles. The lowest BCUT2D eigenvalue weighted by Gasteiger charge is -2.19. The molecule has 0 saturated heterocycles. The van der Waals surface area contributed by atoms with Gasteiger partial charge in [-0.1, -0.05) is 54.7 Å². The van der Waals surface area contributed by atoms with Crippen molar-refractivity contribution in [2.75, 3.05) is 7.11 Å². The maximum atomic E-state index is 11.1. The summed E-state index contributed by atoms with van der Waals surface area (Å²) in [5, 5.41) is 23.8. The van der Waals surface area contributed by atoms with E-state index in [1.165, 1.54) is 19.3 Å². The molecule has 0 radical (unpaired) electrons. The highest BCUT2D eigenvalue weighted by Gasteiger charge is 2.30. The van der Waals surface area contributed by atoms with Gasteiger partial charge in [0.1, 0.15) is 0 Å². The Bertz CT molecular complexity index is 746. The highest BCUT2D eigenvalue weighted by atomic mass is 16.4. The molecular formula is C15H15B2NO4. The molecule has 0 aliphatic carbocycles. The van der Waals surface area contributed by atoms with Gasteiger partial charge < -0.3 is 14.7 Å². The van der Waals surface area contributed by atoms with E-state index in [0.717, 1.165) is 0 Å². The molecule has 2 rings (SSSR count). The average molecular weight is 295 g/mol. The van der Waals surface area contributed by atoms with Crippen LogP contribution in [0.15, 0.2) is 42.5 Å². The second-order valence-electron chi connectivity index (χ2n) is 4.68. The standard InChI is InChI=1S/C15H15B2NO4/c1-4-10-11(5-2)15(17(19)20)13-9-7-6-8-12(13)14(10)16(18-21)22-3/h4-9,19-20H,1-2H2,3H3. The predicted molar refractivity (Wildman–Crippen MR) is 92.1 cm³/mol. The van der Waals surface area contributed by atoms with Gasteiger partial charge in [0.05, 0.1) is 0 Å². The Kier molecular flexibility index (Phi) is 4.92. The van der Waals surface area contributed by atoms with Crippen molar-refractivity contribution in [3.8, 4) is 0 Å². The van der Waals surface area contributed by atoms with Crippen molar-refractivity contribution >= 4 is 48.0 Å². The van der Waals surface area contributed by atoms with Gasteiger partial charge in [0.15, 0.2) is 0 Å². The molecule has 2 aromatic rings. The number of hydrogen-bond acceptors (Lipinski definition) is 5. The molecule has 0 bridgehead atoms. The minimum atomic E-state index is -1.68. The van der Waals surface area contributed by atoms with Gasteiger partial charge in [0.25, 0.3) is 0 Å². The lowest BCUT2D eigenvalue weighted by atomic mass is 9.63. The smallest absolute Gasteiger partial charge is 0.423 e. The van der Waals surface area contributed by atoms with Gasteiger partial charge in [-0.2, -0.15) is 4.91 Å². The van der Waals surface area contributed by atoms with Crippen LogP contribution >= 0.6 is 0 Å². The van der Waals surface area contributed by atoms with E-state index in [0.29, 0.717) is 32.8 Å². The van der Waals surface area contributed by atoms with Gasteiger partial charge in [-0.3, -0.25) is 0 Å². The largest absolute Gasteiger partial charge is 0.521 e. The molecule has 0 aromatic heterocycles. The zero-order chi connectivity index (χ0) is 16.3. The third kappa shape index (κ3) is 2.50. The molecule has 110 valence electrons. The molecule has 2 N–H and O–H groups in total. The Morgan fingerprint density at radius 2 is 1.59 bits per heavy atom. The Hall–Kier alpha value is -2.21. The van der Waals surface area contributed by atoms with Crippen LogP contribution in [0.5, 0.6) is 0 Å². The van der Waals surface area contributed by atoms with Crippen LogP contribution < -0.4 is 10.9 Å². The zero-order valence-corrected chi connectivity index (χ0v) is 12.2. The van der Waals surface area contributed by atoms with Gasteiger partial charge >= 0.3 is 14.2 Å². The molecule has 0 fully saturated rings. The number of benzene rings is 2. The quantitative estimate of drug-likeness (QED) is 0.613. The summed E-state index contributed by atoms with van der Waals surface area (Å²) in [6.45, 7) is 7.47. The van der Waals surface area contributed by atoms with E-state index in [4.69, 9.17) is 4.65 Å². The first-order valence-corrected chi connectivity index (χ1v) is 6.65. The van der Waals surface area contributed by atoms with Crippen molar-refractivity contribution in [2.45, 2.75) is 0 Å². The predicted octanol–water partition coefficient (Wildman–Crippen LogP) is 0.914. The maximum Gasteiger partial charge on any atom is 0.521 e. The second kappa shape index (κ2) is 6.70. The number of fused-ring (bicyclic) bond motifs is 1. The van der Waals surface area contributed by atoms with Crippen LogP contribution in [0.1, 0.15) is 11.1 Å². The molecule has 5 nitrogen and oxygen atoms in total. The molecule has 0 aliphatic heterocycles. The number of hydrogen-bond donors (Lipinski definition) is 2. The van der Waals surface area contributed by atoms with Gasteiger partial charge in [0.2, 0.25) is 0 Å². The summed E-state index contributed by atoms with van der Waals surface area (Å²) in [6.07, 6.45) is 3.03. The van der Waals surface area contributed by atoms with Crippen LogP contribution in [0.2, 0.25) is 0 Å². The molecule has 0 spiro atoms. The van der Waals surface area contributed by atoms with Crippen LogP contribution in [0, 0.1) is 4.91 Å². The Morgan fingerprint density at radius 3 is 2.00 bits per heavy atom. The van der Waals surface area contributed by atoms with Gasteiger partial charge in [-0.05, 0) is 32.8 Å². The molecule has 0 aliphatic rings. The first-order valence-electron chi connectivity index (χ1n) is 6.65. The fourth-order valence-corrected chi connectivity index (χ4v) is 2.73. The maximum absolute atomic E-state index is 11.1. The van der Waals surface area contributed by atoms with E-state index in [1.54, 1.807) is 24.3 Å². The molecule has 22 heavy (non-hydrogen) atoms. The van der Waals surface area contributed by atoms with Crippen molar-refractivity contribution in [2.24, 2.45) is 5.09 Å². The summed E-state index contributed by atoms with van der Waals surface area (Å²) in [6, 6.07) is 7.07. The molecule has 0 amide bonds. The summed E-state index contributed by atoms with van der Waals surface area (Å²) < 4.78 is 5.15. The minimum Gasteiger partial charge on any atom is -0.423 e. The Morgan fingerprint density at radius 1 is 1.09 bits per heavy atom. The highest BCUT2D eigenvalue weighted by molar-refractivity contribution is 6.71. The summed E-state index contributed by atoms with van der Waals surface area (Å²) in [5.74, 6) is 0. The zero-order valence-electron chi connectivity index (χ0n) is 12.2. The van der Waals surface area contributed by atoms with Gasteiger partial charge in [-0.15, -0.1) is 0 Å². The summed E-state index contributed by atoms with van der Waals surface area (Å²) in [7, 11) is -1.33. The first kappa shape index (κ1) is 16.2. The average Bonchev–Trinajstić information content (AvgIpc) is 2.54.